The van der Waals surface area contributed by atoms with Crippen LogP contribution < -0.4 is 10.6 Å². The zero-order valence-electron chi connectivity index (χ0n) is 12.3. The first kappa shape index (κ1) is 15.4. The SMILES string of the molecule is CC(N)Cc1cc(F)ccc1N(C)Cc1cccc(F)c1. The smallest absolute Gasteiger partial charge is 0.123 e. The van der Waals surface area contributed by atoms with Gasteiger partial charge >= 0.3 is 0 Å². The Morgan fingerprint density at radius 1 is 1.10 bits per heavy atom. The fourth-order valence-electron chi connectivity index (χ4n) is 2.43. The third kappa shape index (κ3) is 4.26. The lowest BCUT2D eigenvalue weighted by Gasteiger charge is -2.23. The lowest BCUT2D eigenvalue weighted by molar-refractivity contribution is 0.622. The molecule has 2 nitrogen and oxygen atoms in total. The molecule has 0 aliphatic heterocycles. The van der Waals surface area contributed by atoms with Crippen LogP contribution in [0.15, 0.2) is 42.5 Å². The van der Waals surface area contributed by atoms with E-state index < -0.39 is 0 Å². The number of benzene rings is 2. The van der Waals surface area contributed by atoms with Crippen LogP contribution in [0.4, 0.5) is 14.5 Å². The highest BCUT2D eigenvalue weighted by atomic mass is 19.1. The highest BCUT2D eigenvalue weighted by molar-refractivity contribution is 5.54. The second-order valence-electron chi connectivity index (χ2n) is 5.44. The fourth-order valence-corrected chi connectivity index (χ4v) is 2.43. The quantitative estimate of drug-likeness (QED) is 0.913. The topological polar surface area (TPSA) is 29.3 Å². The molecule has 1 atom stereocenters. The van der Waals surface area contributed by atoms with E-state index in [0.717, 1.165) is 16.8 Å². The zero-order valence-corrected chi connectivity index (χ0v) is 12.3. The molecule has 0 amide bonds. The van der Waals surface area contributed by atoms with E-state index in [0.29, 0.717) is 13.0 Å². The zero-order chi connectivity index (χ0) is 15.4. The Hall–Kier alpha value is -1.94. The van der Waals surface area contributed by atoms with Crippen LogP contribution in [0.1, 0.15) is 18.1 Å². The van der Waals surface area contributed by atoms with Crippen molar-refractivity contribution in [3.8, 4) is 0 Å². The Kier molecular flexibility index (Phi) is 4.91. The summed E-state index contributed by atoms with van der Waals surface area (Å²) in [6.07, 6.45) is 0.598. The first-order chi connectivity index (χ1) is 9.95. The van der Waals surface area contributed by atoms with Crippen molar-refractivity contribution >= 4 is 5.69 Å². The number of anilines is 1. The van der Waals surface area contributed by atoms with Crippen molar-refractivity contribution < 1.29 is 8.78 Å². The number of halogens is 2. The summed E-state index contributed by atoms with van der Waals surface area (Å²) >= 11 is 0. The summed E-state index contributed by atoms with van der Waals surface area (Å²) in [4.78, 5) is 1.98. The number of rotatable bonds is 5. The molecule has 0 bridgehead atoms. The molecule has 2 rings (SSSR count). The van der Waals surface area contributed by atoms with Crippen molar-refractivity contribution in [1.29, 1.82) is 0 Å². The third-order valence-electron chi connectivity index (χ3n) is 3.30. The first-order valence-corrected chi connectivity index (χ1v) is 6.95. The summed E-state index contributed by atoms with van der Waals surface area (Å²) in [6.45, 7) is 2.44. The van der Waals surface area contributed by atoms with Crippen molar-refractivity contribution in [1.82, 2.24) is 0 Å². The standard InChI is InChI=1S/C17H20F2N2/c1-12(20)8-14-10-16(19)6-7-17(14)21(2)11-13-4-3-5-15(18)9-13/h3-7,9-10,12H,8,11,20H2,1-2H3. The molecule has 2 N–H and O–H groups in total. The van der Waals surface area contributed by atoms with E-state index in [4.69, 9.17) is 5.73 Å². The van der Waals surface area contributed by atoms with Crippen LogP contribution >= 0.6 is 0 Å². The van der Waals surface area contributed by atoms with Gasteiger partial charge in [-0.25, -0.2) is 8.78 Å². The minimum absolute atomic E-state index is 0.0480. The van der Waals surface area contributed by atoms with Gasteiger partial charge in [0.2, 0.25) is 0 Å². The number of hydrogen-bond acceptors (Lipinski definition) is 2. The molecule has 1 unspecified atom stereocenters. The Morgan fingerprint density at radius 2 is 1.81 bits per heavy atom. The van der Waals surface area contributed by atoms with Crippen LogP contribution in [-0.2, 0) is 13.0 Å². The van der Waals surface area contributed by atoms with Crippen LogP contribution in [0.2, 0.25) is 0 Å². The Bertz CT molecular complexity index is 611. The number of nitrogens with two attached hydrogens (primary N) is 1. The van der Waals surface area contributed by atoms with Gasteiger partial charge in [-0.05, 0) is 54.8 Å². The monoisotopic (exact) mass is 290 g/mol. The lowest BCUT2D eigenvalue weighted by Crippen LogP contribution is -2.22. The van der Waals surface area contributed by atoms with Gasteiger partial charge in [0.1, 0.15) is 11.6 Å². The molecule has 112 valence electrons. The molecule has 2 aromatic carbocycles. The van der Waals surface area contributed by atoms with Gasteiger partial charge in [0.05, 0.1) is 0 Å². The van der Waals surface area contributed by atoms with Crippen molar-refractivity contribution in [2.75, 3.05) is 11.9 Å². The predicted molar refractivity (Wildman–Crippen MR) is 82.3 cm³/mol. The lowest BCUT2D eigenvalue weighted by atomic mass is 10.0. The summed E-state index contributed by atoms with van der Waals surface area (Å²) in [5.41, 5.74) is 8.47. The molecule has 0 spiro atoms. The fraction of sp³-hybridized carbons (Fsp3) is 0.294. The van der Waals surface area contributed by atoms with E-state index in [9.17, 15) is 8.78 Å². The molecule has 21 heavy (non-hydrogen) atoms. The van der Waals surface area contributed by atoms with E-state index in [1.165, 1.54) is 24.3 Å². The summed E-state index contributed by atoms with van der Waals surface area (Å²) in [6, 6.07) is 11.1. The number of nitrogens with zero attached hydrogens (tertiary/aromatic N) is 1. The van der Waals surface area contributed by atoms with Gasteiger partial charge in [0, 0.05) is 25.3 Å². The minimum atomic E-state index is -0.270. The summed E-state index contributed by atoms with van der Waals surface area (Å²) in [5.74, 6) is -0.524. The Morgan fingerprint density at radius 3 is 2.48 bits per heavy atom. The summed E-state index contributed by atoms with van der Waals surface area (Å²) < 4.78 is 26.7. The molecular weight excluding hydrogens is 270 g/mol. The molecule has 4 heteroatoms. The average molecular weight is 290 g/mol. The molecule has 2 aromatic rings. The van der Waals surface area contributed by atoms with Gasteiger partial charge in [0.15, 0.2) is 0 Å². The van der Waals surface area contributed by atoms with Crippen LogP contribution in [0, 0.1) is 11.6 Å². The van der Waals surface area contributed by atoms with E-state index in [-0.39, 0.29) is 17.7 Å². The Balaban J connectivity index is 2.23. The highest BCUT2D eigenvalue weighted by Gasteiger charge is 2.11. The predicted octanol–water partition coefficient (Wildman–Crippen LogP) is 3.49. The molecule has 0 saturated heterocycles. The maximum absolute atomic E-state index is 13.4. The maximum atomic E-state index is 13.4. The van der Waals surface area contributed by atoms with Crippen LogP contribution in [0.3, 0.4) is 0 Å². The molecule has 0 saturated carbocycles. The van der Waals surface area contributed by atoms with Gasteiger partial charge in [-0.1, -0.05) is 12.1 Å². The van der Waals surface area contributed by atoms with Gasteiger partial charge in [-0.2, -0.15) is 0 Å². The molecule has 0 radical (unpaired) electrons. The van der Waals surface area contributed by atoms with Crippen molar-refractivity contribution in [3.63, 3.8) is 0 Å². The van der Waals surface area contributed by atoms with Gasteiger partial charge in [-0.15, -0.1) is 0 Å². The van der Waals surface area contributed by atoms with Crippen molar-refractivity contribution in [2.45, 2.75) is 25.9 Å². The second kappa shape index (κ2) is 6.68. The average Bonchev–Trinajstić information content (AvgIpc) is 2.37. The molecule has 0 heterocycles. The third-order valence-corrected chi connectivity index (χ3v) is 3.30. The highest BCUT2D eigenvalue weighted by Crippen LogP contribution is 2.23. The molecule has 0 aliphatic rings. The van der Waals surface area contributed by atoms with Gasteiger partial charge < -0.3 is 10.6 Å². The van der Waals surface area contributed by atoms with Crippen LogP contribution in [0.5, 0.6) is 0 Å². The van der Waals surface area contributed by atoms with E-state index >= 15 is 0 Å². The molecule has 0 aromatic heterocycles. The van der Waals surface area contributed by atoms with E-state index in [1.807, 2.05) is 24.9 Å². The van der Waals surface area contributed by atoms with Crippen LogP contribution in [0.25, 0.3) is 0 Å². The van der Waals surface area contributed by atoms with Crippen molar-refractivity contribution in [3.05, 3.63) is 65.2 Å². The second-order valence-corrected chi connectivity index (χ2v) is 5.44. The largest absolute Gasteiger partial charge is 0.370 e. The van der Waals surface area contributed by atoms with Gasteiger partial charge in [0.25, 0.3) is 0 Å². The first-order valence-electron chi connectivity index (χ1n) is 6.95. The minimum Gasteiger partial charge on any atom is -0.370 e. The Labute approximate surface area is 124 Å². The van der Waals surface area contributed by atoms with E-state index in [2.05, 4.69) is 0 Å². The van der Waals surface area contributed by atoms with Crippen LogP contribution in [-0.4, -0.2) is 13.1 Å². The normalized spacial score (nSPS) is 12.2. The maximum Gasteiger partial charge on any atom is 0.123 e. The number of hydrogen-bond donors (Lipinski definition) is 1. The summed E-state index contributed by atoms with van der Waals surface area (Å²) in [7, 11) is 1.91. The molecule has 0 aliphatic carbocycles. The summed E-state index contributed by atoms with van der Waals surface area (Å²) in [5, 5.41) is 0. The van der Waals surface area contributed by atoms with E-state index in [1.54, 1.807) is 12.1 Å². The van der Waals surface area contributed by atoms with Gasteiger partial charge in [-0.3, -0.25) is 0 Å². The van der Waals surface area contributed by atoms with Crippen molar-refractivity contribution in [2.24, 2.45) is 5.73 Å². The molecule has 0 fully saturated rings. The molecular formula is C17H20F2N2.